The van der Waals surface area contributed by atoms with Crippen LogP contribution < -0.4 is 17.2 Å². The number of rotatable bonds is 2. The van der Waals surface area contributed by atoms with Crippen LogP contribution in [-0.4, -0.2) is 16.5 Å². The molecule has 0 saturated heterocycles. The minimum atomic E-state index is -0.210. The van der Waals surface area contributed by atoms with Crippen molar-refractivity contribution in [1.29, 1.82) is 0 Å². The Labute approximate surface area is 80.1 Å². The first-order valence-corrected chi connectivity index (χ1v) is 4.38. The maximum atomic E-state index is 11.0. The molecule has 1 aromatic heterocycles. The second-order valence-electron chi connectivity index (χ2n) is 3.23. The summed E-state index contributed by atoms with van der Waals surface area (Å²) in [6.07, 6.45) is 0. The van der Waals surface area contributed by atoms with Crippen molar-refractivity contribution in [1.82, 2.24) is 9.97 Å². The van der Waals surface area contributed by atoms with Gasteiger partial charge in [0.2, 0.25) is 0 Å². The second kappa shape index (κ2) is 3.28. The monoisotopic (exact) mass is 192 g/mol. The molecular weight excluding hydrogens is 180 g/mol. The van der Waals surface area contributed by atoms with E-state index in [0.717, 1.165) is 16.6 Å². The Morgan fingerprint density at radius 1 is 1.29 bits per heavy atom. The molecule has 14 heavy (non-hydrogen) atoms. The summed E-state index contributed by atoms with van der Waals surface area (Å²) < 4.78 is 0. The number of fused-ring (bicyclic) bond motifs is 1. The first kappa shape index (κ1) is 8.98. The van der Waals surface area contributed by atoms with Crippen LogP contribution >= 0.6 is 0 Å². The zero-order chi connectivity index (χ0) is 10.1. The van der Waals surface area contributed by atoms with Gasteiger partial charge in [-0.15, -0.1) is 0 Å². The average Bonchev–Trinajstić information content (AvgIpc) is 2.55. The predicted octanol–water partition coefficient (Wildman–Crippen LogP) is -0.185. The van der Waals surface area contributed by atoms with Gasteiger partial charge in [-0.1, -0.05) is 6.07 Å². The molecular formula is C9H12N4O. The van der Waals surface area contributed by atoms with Crippen molar-refractivity contribution in [2.45, 2.75) is 6.04 Å². The molecule has 0 aliphatic rings. The molecule has 0 fully saturated rings. The fourth-order valence-electron chi connectivity index (χ4n) is 1.42. The quantitative estimate of drug-likeness (QED) is 0.530. The van der Waals surface area contributed by atoms with E-state index < -0.39 is 0 Å². The number of nitrogens with one attached hydrogen (secondary N) is 2. The highest BCUT2D eigenvalue weighted by Crippen LogP contribution is 2.14. The van der Waals surface area contributed by atoms with Crippen LogP contribution in [0, 0.1) is 0 Å². The second-order valence-corrected chi connectivity index (χ2v) is 3.23. The van der Waals surface area contributed by atoms with Gasteiger partial charge in [-0.3, -0.25) is 0 Å². The first-order valence-electron chi connectivity index (χ1n) is 4.38. The van der Waals surface area contributed by atoms with E-state index in [4.69, 9.17) is 11.5 Å². The summed E-state index contributed by atoms with van der Waals surface area (Å²) in [5.41, 5.74) is 13.5. The fourth-order valence-corrected chi connectivity index (χ4v) is 1.42. The summed E-state index contributed by atoms with van der Waals surface area (Å²) in [5.74, 6) is 0. The highest BCUT2D eigenvalue weighted by Gasteiger charge is 2.05. The molecule has 74 valence electrons. The summed E-state index contributed by atoms with van der Waals surface area (Å²) in [7, 11) is 0. The van der Waals surface area contributed by atoms with Crippen LogP contribution in [-0.2, 0) is 0 Å². The molecule has 1 unspecified atom stereocenters. The number of H-pyrrole nitrogens is 2. The summed E-state index contributed by atoms with van der Waals surface area (Å²) in [5, 5.41) is 0. The predicted molar refractivity (Wildman–Crippen MR) is 54.9 cm³/mol. The van der Waals surface area contributed by atoms with Crippen molar-refractivity contribution in [2.75, 3.05) is 6.54 Å². The van der Waals surface area contributed by atoms with Crippen LogP contribution in [0.3, 0.4) is 0 Å². The smallest absolute Gasteiger partial charge is 0.323 e. The van der Waals surface area contributed by atoms with E-state index in [9.17, 15) is 4.79 Å². The third-order valence-corrected chi connectivity index (χ3v) is 2.22. The molecule has 0 saturated carbocycles. The van der Waals surface area contributed by atoms with Crippen molar-refractivity contribution in [3.8, 4) is 0 Å². The van der Waals surface area contributed by atoms with Gasteiger partial charge in [-0.2, -0.15) is 0 Å². The summed E-state index contributed by atoms with van der Waals surface area (Å²) in [6.45, 7) is 0.389. The van der Waals surface area contributed by atoms with Gasteiger partial charge < -0.3 is 21.4 Å². The Balaban J connectivity index is 2.55. The topological polar surface area (TPSA) is 101 Å². The van der Waals surface area contributed by atoms with Crippen molar-refractivity contribution in [2.24, 2.45) is 11.5 Å². The van der Waals surface area contributed by atoms with Crippen molar-refractivity contribution >= 4 is 11.0 Å². The number of nitrogens with two attached hydrogens (primary N) is 2. The van der Waals surface area contributed by atoms with Crippen LogP contribution in [0.15, 0.2) is 23.0 Å². The molecule has 1 aromatic carbocycles. The van der Waals surface area contributed by atoms with Gasteiger partial charge in [0.15, 0.2) is 0 Å². The van der Waals surface area contributed by atoms with Crippen molar-refractivity contribution < 1.29 is 0 Å². The summed E-state index contributed by atoms with van der Waals surface area (Å²) in [4.78, 5) is 16.3. The van der Waals surface area contributed by atoms with E-state index in [1.54, 1.807) is 0 Å². The lowest BCUT2D eigenvalue weighted by atomic mass is 10.1. The maximum Gasteiger partial charge on any atom is 0.323 e. The average molecular weight is 192 g/mol. The minimum absolute atomic E-state index is 0.183. The van der Waals surface area contributed by atoms with E-state index in [1.807, 2.05) is 18.2 Å². The van der Waals surface area contributed by atoms with Gasteiger partial charge in [0, 0.05) is 12.6 Å². The number of aromatic nitrogens is 2. The molecule has 0 aliphatic carbocycles. The molecule has 5 heteroatoms. The highest BCUT2D eigenvalue weighted by molar-refractivity contribution is 5.75. The largest absolute Gasteiger partial charge is 0.329 e. The van der Waals surface area contributed by atoms with E-state index in [1.165, 1.54) is 0 Å². The number of hydrogen-bond donors (Lipinski definition) is 4. The number of benzene rings is 1. The molecule has 0 bridgehead atoms. The molecule has 0 aliphatic heterocycles. The van der Waals surface area contributed by atoms with Gasteiger partial charge in [0.1, 0.15) is 0 Å². The third-order valence-electron chi connectivity index (χ3n) is 2.22. The molecule has 0 radical (unpaired) electrons. The van der Waals surface area contributed by atoms with Crippen molar-refractivity contribution in [3.63, 3.8) is 0 Å². The lowest BCUT2D eigenvalue weighted by molar-refractivity contribution is 0.738. The Bertz CT molecular complexity index is 499. The number of aromatic amines is 2. The molecule has 0 spiro atoms. The van der Waals surface area contributed by atoms with Crippen LogP contribution in [0.5, 0.6) is 0 Å². The van der Waals surface area contributed by atoms with E-state index >= 15 is 0 Å². The fraction of sp³-hybridized carbons (Fsp3) is 0.222. The maximum absolute atomic E-state index is 11.0. The first-order chi connectivity index (χ1) is 6.70. The zero-order valence-corrected chi connectivity index (χ0v) is 7.58. The molecule has 6 N–H and O–H groups in total. The molecule has 1 heterocycles. The van der Waals surface area contributed by atoms with Gasteiger partial charge >= 0.3 is 5.69 Å². The molecule has 0 amide bonds. The van der Waals surface area contributed by atoms with E-state index in [2.05, 4.69) is 9.97 Å². The van der Waals surface area contributed by atoms with E-state index in [0.29, 0.717) is 6.54 Å². The lowest BCUT2D eigenvalue weighted by Crippen LogP contribution is -2.20. The Hall–Kier alpha value is -1.59. The summed E-state index contributed by atoms with van der Waals surface area (Å²) >= 11 is 0. The zero-order valence-electron chi connectivity index (χ0n) is 7.58. The molecule has 1 atom stereocenters. The van der Waals surface area contributed by atoms with Gasteiger partial charge in [0.05, 0.1) is 11.0 Å². The number of hydrogen-bond acceptors (Lipinski definition) is 3. The Kier molecular flexibility index (Phi) is 2.11. The van der Waals surface area contributed by atoms with Crippen molar-refractivity contribution in [3.05, 3.63) is 34.2 Å². The normalized spacial score (nSPS) is 13.3. The van der Waals surface area contributed by atoms with Crippen LogP contribution in [0.2, 0.25) is 0 Å². The third kappa shape index (κ3) is 1.43. The summed E-state index contributed by atoms with van der Waals surface area (Å²) in [6, 6.07) is 5.34. The van der Waals surface area contributed by atoms with Gasteiger partial charge in [0.25, 0.3) is 0 Å². The van der Waals surface area contributed by atoms with Crippen LogP contribution in [0.4, 0.5) is 0 Å². The number of imidazole rings is 1. The molecule has 2 rings (SSSR count). The van der Waals surface area contributed by atoms with Gasteiger partial charge in [-0.05, 0) is 17.7 Å². The van der Waals surface area contributed by atoms with Crippen LogP contribution in [0.1, 0.15) is 11.6 Å². The Morgan fingerprint density at radius 2 is 2.00 bits per heavy atom. The lowest BCUT2D eigenvalue weighted by Gasteiger charge is -2.07. The molecule has 2 aromatic rings. The van der Waals surface area contributed by atoms with Crippen LogP contribution in [0.25, 0.3) is 11.0 Å². The van der Waals surface area contributed by atoms with E-state index in [-0.39, 0.29) is 11.7 Å². The standard InChI is InChI=1S/C9H12N4O/c10-4-6(11)5-1-2-7-8(3-5)13-9(14)12-7/h1-3,6H,4,10-11H2,(H2,12,13,14). The SMILES string of the molecule is NCC(N)c1ccc2[nH]c(=O)[nH]c2c1. The van der Waals surface area contributed by atoms with Gasteiger partial charge in [-0.25, -0.2) is 4.79 Å². The molecule has 5 nitrogen and oxygen atoms in total. The Morgan fingerprint density at radius 3 is 2.71 bits per heavy atom. The highest BCUT2D eigenvalue weighted by atomic mass is 16.1. The minimum Gasteiger partial charge on any atom is -0.329 e.